The van der Waals surface area contributed by atoms with Gasteiger partial charge in [-0.3, -0.25) is 13.9 Å². The van der Waals surface area contributed by atoms with Crippen molar-refractivity contribution in [3.05, 3.63) is 31.0 Å². The minimum atomic E-state index is -0.680. The second-order valence-corrected chi connectivity index (χ2v) is 4.20. The van der Waals surface area contributed by atoms with Crippen LogP contribution < -0.4 is 11.2 Å². The minimum Gasteiger partial charge on any atom is -0.390 e. The summed E-state index contributed by atoms with van der Waals surface area (Å²) in [6.45, 7) is 2.21. The van der Waals surface area contributed by atoms with Gasteiger partial charge < -0.3 is 10.1 Å². The summed E-state index contributed by atoms with van der Waals surface area (Å²) in [5, 5.41) is 10.9. The van der Waals surface area contributed by atoms with Crippen LogP contribution in [0.15, 0.2) is 9.59 Å². The van der Waals surface area contributed by atoms with Crippen molar-refractivity contribution in [3.8, 4) is 0 Å². The molecule has 0 fully saturated rings. The largest absolute Gasteiger partial charge is 0.437 e. The number of nitrogens with zero attached hydrogens (tertiary/aromatic N) is 5. The van der Waals surface area contributed by atoms with Crippen molar-refractivity contribution in [3.63, 3.8) is 0 Å². The normalized spacial score (nSPS) is 11.1. The molecule has 0 unspecified atom stereocenters. The van der Waals surface area contributed by atoms with Crippen LogP contribution in [0.5, 0.6) is 0 Å². The van der Waals surface area contributed by atoms with E-state index in [1.54, 1.807) is 0 Å². The maximum atomic E-state index is 12.0. The first-order chi connectivity index (χ1) is 8.90. The van der Waals surface area contributed by atoms with Gasteiger partial charge >= 0.3 is 11.6 Å². The van der Waals surface area contributed by atoms with Crippen LogP contribution >= 0.6 is 0 Å². The zero-order valence-electron chi connectivity index (χ0n) is 10.8. The fraction of sp³-hybridized carbons (Fsp3) is 0.500. The zero-order chi connectivity index (χ0) is 14.3. The predicted molar refractivity (Wildman–Crippen MR) is 67.2 cm³/mol. The van der Waals surface area contributed by atoms with Crippen LogP contribution in [0.3, 0.4) is 0 Å². The molecule has 2 aromatic heterocycles. The lowest BCUT2D eigenvalue weighted by Crippen LogP contribution is -2.38. The lowest BCUT2D eigenvalue weighted by atomic mass is 10.4. The Balaban J connectivity index is 3.04. The fourth-order valence-corrected chi connectivity index (χ4v) is 2.01. The molecule has 0 saturated carbocycles. The van der Waals surface area contributed by atoms with Crippen LogP contribution in [-0.4, -0.2) is 23.6 Å². The van der Waals surface area contributed by atoms with Gasteiger partial charge in [0.05, 0.1) is 7.05 Å². The molecular weight excluding hydrogens is 254 g/mol. The van der Waals surface area contributed by atoms with E-state index in [2.05, 4.69) is 4.98 Å². The second-order valence-electron chi connectivity index (χ2n) is 4.20. The number of aryl methyl sites for hydroxylation is 2. The van der Waals surface area contributed by atoms with E-state index in [1.807, 2.05) is 6.92 Å². The molecule has 0 amide bonds. The van der Waals surface area contributed by atoms with Gasteiger partial charge in [0.25, 0.3) is 11.2 Å². The van der Waals surface area contributed by atoms with E-state index in [-0.39, 0.29) is 11.2 Å². The van der Waals surface area contributed by atoms with Crippen molar-refractivity contribution in [2.45, 2.75) is 19.9 Å². The van der Waals surface area contributed by atoms with E-state index in [0.29, 0.717) is 13.0 Å². The first kappa shape index (κ1) is 13.0. The molecule has 19 heavy (non-hydrogen) atoms. The summed E-state index contributed by atoms with van der Waals surface area (Å²) in [6, 6.07) is 0. The average Bonchev–Trinajstić information content (AvgIpc) is 2.70. The van der Waals surface area contributed by atoms with Crippen molar-refractivity contribution in [2.75, 3.05) is 0 Å². The van der Waals surface area contributed by atoms with Crippen LogP contribution in [0, 0.1) is 10.1 Å². The summed E-state index contributed by atoms with van der Waals surface area (Å²) in [5.74, 6) is -0.456. The smallest absolute Gasteiger partial charge is 0.390 e. The van der Waals surface area contributed by atoms with Crippen molar-refractivity contribution in [2.24, 2.45) is 14.1 Å². The molecule has 0 aliphatic carbocycles. The summed E-state index contributed by atoms with van der Waals surface area (Å²) >= 11 is 0. The Labute approximate surface area is 106 Å². The number of aromatic nitrogens is 4. The van der Waals surface area contributed by atoms with Crippen molar-refractivity contribution >= 4 is 17.1 Å². The third-order valence-electron chi connectivity index (χ3n) is 2.94. The van der Waals surface area contributed by atoms with Gasteiger partial charge in [-0.25, -0.2) is 9.36 Å². The van der Waals surface area contributed by atoms with Gasteiger partial charge in [-0.1, -0.05) is 6.92 Å². The van der Waals surface area contributed by atoms with Gasteiger partial charge in [0.1, 0.15) is 0 Å². The highest BCUT2D eigenvalue weighted by Crippen LogP contribution is 2.15. The highest BCUT2D eigenvalue weighted by molar-refractivity contribution is 5.72. The SMILES string of the molecule is CCCn1c(=O)n(C)c(=O)c2c1nc([N+](=O)[O-])n2C. The molecule has 9 nitrogen and oxygen atoms in total. The second kappa shape index (κ2) is 4.34. The quantitative estimate of drug-likeness (QED) is 0.563. The Hall–Kier alpha value is -2.45. The molecule has 0 N–H and O–H groups in total. The van der Waals surface area contributed by atoms with Gasteiger partial charge in [-0.05, 0) is 16.3 Å². The maximum absolute atomic E-state index is 12.0. The van der Waals surface area contributed by atoms with Gasteiger partial charge in [0.2, 0.25) is 5.52 Å². The first-order valence-electron chi connectivity index (χ1n) is 5.70. The number of hydrogen-bond donors (Lipinski definition) is 0. The molecule has 2 rings (SSSR count). The molecule has 0 radical (unpaired) electrons. The molecule has 9 heteroatoms. The standard InChI is InChI=1S/C10H13N5O4/c1-4-5-14-7-6(8(16)13(3)10(14)17)12(2)9(11-7)15(18)19/h4-5H2,1-3H3. The molecule has 102 valence electrons. The van der Waals surface area contributed by atoms with E-state index in [1.165, 1.54) is 18.7 Å². The summed E-state index contributed by atoms with van der Waals surface area (Å²) in [4.78, 5) is 38.0. The van der Waals surface area contributed by atoms with Crippen LogP contribution in [0.25, 0.3) is 11.2 Å². The number of imidazole rings is 1. The predicted octanol–water partition coefficient (Wildman–Crippen LogP) is -0.248. The number of hydrogen-bond acceptors (Lipinski definition) is 5. The first-order valence-corrected chi connectivity index (χ1v) is 5.70. The van der Waals surface area contributed by atoms with Crippen LogP contribution in [0.1, 0.15) is 13.3 Å². The third kappa shape index (κ3) is 1.74. The summed E-state index contributed by atoms with van der Waals surface area (Å²) in [7, 11) is 2.73. The molecule has 2 aromatic rings. The minimum absolute atomic E-state index is 0.0576. The molecule has 0 saturated heterocycles. The van der Waals surface area contributed by atoms with E-state index in [9.17, 15) is 19.7 Å². The third-order valence-corrected chi connectivity index (χ3v) is 2.94. The lowest BCUT2D eigenvalue weighted by Gasteiger charge is -2.04. The van der Waals surface area contributed by atoms with E-state index in [0.717, 1.165) is 9.13 Å². The van der Waals surface area contributed by atoms with Gasteiger partial charge in [0.15, 0.2) is 0 Å². The lowest BCUT2D eigenvalue weighted by molar-refractivity contribution is -0.396. The Morgan fingerprint density at radius 1 is 1.26 bits per heavy atom. The fourth-order valence-electron chi connectivity index (χ4n) is 2.01. The number of nitro groups is 1. The Kier molecular flexibility index (Phi) is 2.97. The maximum Gasteiger partial charge on any atom is 0.437 e. The van der Waals surface area contributed by atoms with Crippen molar-refractivity contribution < 1.29 is 4.92 Å². The number of rotatable bonds is 3. The number of fused-ring (bicyclic) bond motifs is 1. The van der Waals surface area contributed by atoms with E-state index < -0.39 is 22.1 Å². The molecule has 0 atom stereocenters. The van der Waals surface area contributed by atoms with Crippen LogP contribution in [-0.2, 0) is 20.6 Å². The monoisotopic (exact) mass is 267 g/mol. The molecule has 0 aliphatic rings. The Morgan fingerprint density at radius 3 is 2.42 bits per heavy atom. The molecule has 0 aromatic carbocycles. The topological polar surface area (TPSA) is 105 Å². The average molecular weight is 267 g/mol. The van der Waals surface area contributed by atoms with Gasteiger partial charge in [0, 0.05) is 13.6 Å². The molecule has 0 bridgehead atoms. The van der Waals surface area contributed by atoms with Crippen LogP contribution in [0.4, 0.5) is 5.95 Å². The highest BCUT2D eigenvalue weighted by atomic mass is 16.6. The van der Waals surface area contributed by atoms with Gasteiger partial charge in [-0.15, -0.1) is 0 Å². The highest BCUT2D eigenvalue weighted by Gasteiger charge is 2.26. The van der Waals surface area contributed by atoms with E-state index >= 15 is 0 Å². The molecule has 0 spiro atoms. The zero-order valence-corrected chi connectivity index (χ0v) is 10.8. The summed E-state index contributed by atoms with van der Waals surface area (Å²) in [5.41, 5.74) is -0.991. The van der Waals surface area contributed by atoms with Crippen molar-refractivity contribution in [1.82, 2.24) is 18.7 Å². The summed E-state index contributed by atoms with van der Waals surface area (Å²) < 4.78 is 3.32. The summed E-state index contributed by atoms with van der Waals surface area (Å²) in [6.07, 6.45) is 0.650. The van der Waals surface area contributed by atoms with Crippen LogP contribution in [0.2, 0.25) is 0 Å². The van der Waals surface area contributed by atoms with E-state index in [4.69, 9.17) is 0 Å². The Morgan fingerprint density at radius 2 is 1.89 bits per heavy atom. The van der Waals surface area contributed by atoms with Gasteiger partial charge in [-0.2, -0.15) is 0 Å². The van der Waals surface area contributed by atoms with Crippen molar-refractivity contribution in [1.29, 1.82) is 0 Å². The Bertz CT molecular complexity index is 782. The molecule has 0 aliphatic heterocycles. The molecule has 2 heterocycles. The molecular formula is C10H13N5O4.